The predicted molar refractivity (Wildman–Crippen MR) is 123 cm³/mol. The van der Waals surface area contributed by atoms with Crippen LogP contribution in [0.5, 0.6) is 11.5 Å². The lowest BCUT2D eigenvalue weighted by Gasteiger charge is -2.28. The number of ether oxygens (including phenoxy) is 2. The first-order valence-electron chi connectivity index (χ1n) is 10.5. The number of rotatable bonds is 7. The van der Waals surface area contributed by atoms with E-state index in [1.54, 1.807) is 37.3 Å². The van der Waals surface area contributed by atoms with Crippen LogP contribution in [0.25, 0.3) is 0 Å². The summed E-state index contributed by atoms with van der Waals surface area (Å²) < 4.78 is 10.6. The fraction of sp³-hybridized carbons (Fsp3) is 0.231. The van der Waals surface area contributed by atoms with Crippen LogP contribution in [-0.2, 0) is 11.3 Å². The highest BCUT2D eigenvalue weighted by Crippen LogP contribution is 2.34. The largest absolute Gasteiger partial charge is 0.493 e. The summed E-state index contributed by atoms with van der Waals surface area (Å²) >= 11 is 0. The molecule has 6 heteroatoms. The van der Waals surface area contributed by atoms with Crippen molar-refractivity contribution in [3.8, 4) is 11.5 Å². The zero-order chi connectivity index (χ0) is 22.7. The van der Waals surface area contributed by atoms with E-state index in [0.29, 0.717) is 29.3 Å². The summed E-state index contributed by atoms with van der Waals surface area (Å²) in [6, 6.07) is 20.4. The van der Waals surface area contributed by atoms with Crippen LogP contribution in [0.2, 0.25) is 0 Å². The van der Waals surface area contributed by atoms with Gasteiger partial charge in [0.25, 0.3) is 5.91 Å². The molecule has 0 radical (unpaired) electrons. The zero-order valence-electron chi connectivity index (χ0n) is 18.4. The second-order valence-corrected chi connectivity index (χ2v) is 7.84. The molecule has 1 aliphatic rings. The Morgan fingerprint density at radius 1 is 1.00 bits per heavy atom. The highest BCUT2D eigenvalue weighted by molar-refractivity contribution is 5.99. The first-order chi connectivity index (χ1) is 15.5. The van der Waals surface area contributed by atoms with Crippen molar-refractivity contribution in [1.82, 2.24) is 4.90 Å². The standard InChI is InChI=1S/C26H26N2O4/c1-17-8-10-18(11-9-17)22(28-16-19-6-4-5-7-21(19)26(28)30)15-25(29)27-20-12-13-23(31-2)24(14-20)32-3/h4-14,22H,15-16H2,1-3H3,(H,27,29). The molecule has 1 unspecified atom stereocenters. The van der Waals surface area contributed by atoms with Crippen LogP contribution < -0.4 is 14.8 Å². The van der Waals surface area contributed by atoms with Crippen LogP contribution in [0.3, 0.4) is 0 Å². The van der Waals surface area contributed by atoms with Crippen molar-refractivity contribution >= 4 is 17.5 Å². The lowest BCUT2D eigenvalue weighted by Crippen LogP contribution is -2.32. The van der Waals surface area contributed by atoms with Gasteiger partial charge in [-0.2, -0.15) is 0 Å². The number of carbonyl (C=O) groups is 2. The van der Waals surface area contributed by atoms with Gasteiger partial charge in [0.1, 0.15) is 0 Å². The SMILES string of the molecule is COc1ccc(NC(=O)CC(c2ccc(C)cc2)N2Cc3ccccc3C2=O)cc1OC. The van der Waals surface area contributed by atoms with Crippen LogP contribution >= 0.6 is 0 Å². The Labute approximate surface area is 187 Å². The third-order valence-corrected chi connectivity index (χ3v) is 5.73. The summed E-state index contributed by atoms with van der Waals surface area (Å²) in [5.41, 5.74) is 4.34. The zero-order valence-corrected chi connectivity index (χ0v) is 18.4. The lowest BCUT2D eigenvalue weighted by molar-refractivity contribution is -0.117. The van der Waals surface area contributed by atoms with E-state index in [1.165, 1.54) is 0 Å². The van der Waals surface area contributed by atoms with E-state index >= 15 is 0 Å². The van der Waals surface area contributed by atoms with Crippen molar-refractivity contribution < 1.29 is 19.1 Å². The molecule has 2 amide bonds. The molecule has 0 bridgehead atoms. The van der Waals surface area contributed by atoms with Crippen molar-refractivity contribution in [1.29, 1.82) is 0 Å². The molecule has 0 saturated heterocycles. The molecule has 32 heavy (non-hydrogen) atoms. The summed E-state index contributed by atoms with van der Waals surface area (Å²) in [5.74, 6) is 0.880. The van der Waals surface area contributed by atoms with Crippen molar-refractivity contribution in [3.05, 3.63) is 89.0 Å². The maximum Gasteiger partial charge on any atom is 0.255 e. The summed E-state index contributed by atoms with van der Waals surface area (Å²) in [6.07, 6.45) is 0.136. The molecule has 164 valence electrons. The molecular weight excluding hydrogens is 404 g/mol. The number of methoxy groups -OCH3 is 2. The van der Waals surface area contributed by atoms with Crippen molar-refractivity contribution in [2.24, 2.45) is 0 Å². The molecule has 4 rings (SSSR count). The molecule has 1 heterocycles. The maximum absolute atomic E-state index is 13.1. The van der Waals surface area contributed by atoms with Gasteiger partial charge in [-0.15, -0.1) is 0 Å². The Balaban J connectivity index is 1.58. The molecule has 3 aromatic carbocycles. The van der Waals surface area contributed by atoms with Gasteiger partial charge in [-0.25, -0.2) is 0 Å². The molecular formula is C26H26N2O4. The minimum absolute atomic E-state index is 0.0508. The summed E-state index contributed by atoms with van der Waals surface area (Å²) in [5, 5.41) is 2.93. The fourth-order valence-electron chi connectivity index (χ4n) is 4.03. The number of amides is 2. The number of hydrogen-bond donors (Lipinski definition) is 1. The second-order valence-electron chi connectivity index (χ2n) is 7.84. The van der Waals surface area contributed by atoms with E-state index < -0.39 is 0 Å². The van der Waals surface area contributed by atoms with Gasteiger partial charge >= 0.3 is 0 Å². The highest BCUT2D eigenvalue weighted by atomic mass is 16.5. The van der Waals surface area contributed by atoms with Gasteiger partial charge < -0.3 is 19.7 Å². The molecule has 3 aromatic rings. The lowest BCUT2D eigenvalue weighted by atomic mass is 10.00. The number of aryl methyl sites for hydroxylation is 1. The fourth-order valence-corrected chi connectivity index (χ4v) is 4.03. The average molecular weight is 431 g/mol. The molecule has 0 fully saturated rings. The van der Waals surface area contributed by atoms with E-state index in [1.807, 2.05) is 55.5 Å². The van der Waals surface area contributed by atoms with Crippen molar-refractivity contribution in [2.45, 2.75) is 25.9 Å². The van der Waals surface area contributed by atoms with Gasteiger partial charge in [-0.05, 0) is 36.2 Å². The number of hydrogen-bond acceptors (Lipinski definition) is 4. The van der Waals surface area contributed by atoms with Crippen LogP contribution in [0, 0.1) is 6.92 Å². The second kappa shape index (κ2) is 9.14. The molecule has 0 aromatic heterocycles. The van der Waals surface area contributed by atoms with Gasteiger partial charge in [-0.3, -0.25) is 9.59 Å². The molecule has 0 spiro atoms. The summed E-state index contributed by atoms with van der Waals surface area (Å²) in [6.45, 7) is 2.50. The number of nitrogens with zero attached hydrogens (tertiary/aromatic N) is 1. The third-order valence-electron chi connectivity index (χ3n) is 5.73. The molecule has 0 aliphatic carbocycles. The Bertz CT molecular complexity index is 1140. The predicted octanol–water partition coefficient (Wildman–Crippen LogP) is 4.74. The van der Waals surface area contributed by atoms with E-state index in [-0.39, 0.29) is 24.3 Å². The van der Waals surface area contributed by atoms with E-state index in [4.69, 9.17) is 9.47 Å². The van der Waals surface area contributed by atoms with Gasteiger partial charge in [0.2, 0.25) is 5.91 Å². The number of benzene rings is 3. The minimum atomic E-state index is -0.379. The average Bonchev–Trinajstić information content (AvgIpc) is 3.14. The highest BCUT2D eigenvalue weighted by Gasteiger charge is 2.34. The number of nitrogens with one attached hydrogen (secondary N) is 1. The van der Waals surface area contributed by atoms with E-state index in [2.05, 4.69) is 5.32 Å². The number of carbonyl (C=O) groups excluding carboxylic acids is 2. The van der Waals surface area contributed by atoms with Gasteiger partial charge in [0.05, 0.1) is 26.7 Å². The Kier molecular flexibility index (Phi) is 6.12. The quantitative estimate of drug-likeness (QED) is 0.588. The van der Waals surface area contributed by atoms with Crippen molar-refractivity contribution in [3.63, 3.8) is 0 Å². The van der Waals surface area contributed by atoms with E-state index in [9.17, 15) is 9.59 Å². The molecule has 0 saturated carbocycles. The normalized spacial score (nSPS) is 13.5. The summed E-state index contributed by atoms with van der Waals surface area (Å²) in [7, 11) is 3.11. The van der Waals surface area contributed by atoms with Gasteiger partial charge in [0.15, 0.2) is 11.5 Å². The number of anilines is 1. The Hall–Kier alpha value is -3.80. The van der Waals surface area contributed by atoms with Crippen LogP contribution in [0.15, 0.2) is 66.7 Å². The first-order valence-corrected chi connectivity index (χ1v) is 10.5. The van der Waals surface area contributed by atoms with Crippen LogP contribution in [0.4, 0.5) is 5.69 Å². The van der Waals surface area contributed by atoms with Crippen LogP contribution in [-0.4, -0.2) is 30.9 Å². The molecule has 1 N–H and O–H groups in total. The first kappa shape index (κ1) is 21.4. The maximum atomic E-state index is 13.1. The minimum Gasteiger partial charge on any atom is -0.493 e. The topological polar surface area (TPSA) is 67.9 Å². The Morgan fingerprint density at radius 2 is 1.72 bits per heavy atom. The summed E-state index contributed by atoms with van der Waals surface area (Å²) in [4.78, 5) is 27.9. The van der Waals surface area contributed by atoms with Crippen molar-refractivity contribution in [2.75, 3.05) is 19.5 Å². The monoisotopic (exact) mass is 430 g/mol. The Morgan fingerprint density at radius 3 is 2.41 bits per heavy atom. The van der Waals surface area contributed by atoms with Gasteiger partial charge in [0, 0.05) is 23.9 Å². The number of fused-ring (bicyclic) bond motifs is 1. The molecule has 1 aliphatic heterocycles. The van der Waals surface area contributed by atoms with Crippen LogP contribution in [0.1, 0.15) is 39.5 Å². The third kappa shape index (κ3) is 4.30. The smallest absolute Gasteiger partial charge is 0.255 e. The van der Waals surface area contributed by atoms with E-state index in [0.717, 1.165) is 16.7 Å². The molecule has 1 atom stereocenters. The van der Waals surface area contributed by atoms with Gasteiger partial charge in [-0.1, -0.05) is 48.0 Å². The molecule has 6 nitrogen and oxygen atoms in total.